The fraction of sp³-hybridized carbons (Fsp3) is 0.800. The molecule has 0 heterocycles. The van der Waals surface area contributed by atoms with E-state index in [0.717, 1.165) is 57.8 Å². The second kappa shape index (κ2) is 42.3. The molecular weight excluding hydrogens is 885 g/mol. The summed E-state index contributed by atoms with van der Waals surface area (Å²) in [5, 5.41) is 37.8. The fourth-order valence-corrected chi connectivity index (χ4v) is 7.04. The maximum atomic E-state index is 12.3. The van der Waals surface area contributed by atoms with Gasteiger partial charge in [-0.05, 0) is 32.6 Å². The van der Waals surface area contributed by atoms with Crippen molar-refractivity contribution in [1.82, 2.24) is 21.3 Å². The van der Waals surface area contributed by atoms with E-state index < -0.39 is 23.9 Å². The van der Waals surface area contributed by atoms with Crippen LogP contribution in [0.5, 0.6) is 0 Å². The van der Waals surface area contributed by atoms with Gasteiger partial charge in [0, 0.05) is 75.9 Å². The highest BCUT2D eigenvalue weighted by atomic mass is 32.2. The molecule has 380 valence electrons. The van der Waals surface area contributed by atoms with Crippen LogP contribution < -0.4 is 21.3 Å². The summed E-state index contributed by atoms with van der Waals surface area (Å²) in [4.78, 5) is 106. The summed E-state index contributed by atoms with van der Waals surface area (Å²) < 4.78 is 21.4. The number of Topliss-reactive ketones (excluding diaryl/α,β-unsaturated/α-hetero) is 3. The van der Waals surface area contributed by atoms with E-state index in [9.17, 15) is 53.4 Å². The number of nitrogens with one attached hydrogen (secondary N) is 4. The standard InChI is InChI=1S/C45H78N4O16S/c1-34(39(53)28-36(29-50)35(2)51)32-66-33-43(57)47-20-19-46-41(55)30-65-27-25-63-23-21-48-42(56)31-64-26-24-62-22-13-14-37(52)17-18-38(45(60)61)49-40(54)15-11-9-7-5-3-4-6-8-10-12-16-44(58)59/h34,36,38,50H,3-33H2,1-2H3,(H,46,55)(H,47,57)(H,48,56)(H,49,54)(H,58,59)(H,60,61)/t34-,36-,38-/m0/s1. The smallest absolute Gasteiger partial charge is 0.326 e. The second-order valence-corrected chi connectivity index (χ2v) is 17.1. The average molecular weight is 963 g/mol. The highest BCUT2D eigenvalue weighted by Gasteiger charge is 2.22. The van der Waals surface area contributed by atoms with Crippen molar-refractivity contribution >= 4 is 64.7 Å². The molecule has 7 N–H and O–H groups in total. The number of carboxylic acid groups (broad SMARTS) is 2. The van der Waals surface area contributed by atoms with Crippen molar-refractivity contribution in [2.75, 3.05) is 90.6 Å². The van der Waals surface area contributed by atoms with Gasteiger partial charge in [-0.3, -0.25) is 38.4 Å². The van der Waals surface area contributed by atoms with Crippen molar-refractivity contribution in [3.63, 3.8) is 0 Å². The van der Waals surface area contributed by atoms with Crippen molar-refractivity contribution in [1.29, 1.82) is 0 Å². The molecule has 0 aliphatic heterocycles. The van der Waals surface area contributed by atoms with Crippen LogP contribution in [0.2, 0.25) is 0 Å². The van der Waals surface area contributed by atoms with Crippen LogP contribution in [0.4, 0.5) is 0 Å². The maximum Gasteiger partial charge on any atom is 0.326 e. The van der Waals surface area contributed by atoms with Gasteiger partial charge < -0.3 is 55.5 Å². The minimum absolute atomic E-state index is 0.0111. The van der Waals surface area contributed by atoms with E-state index in [0.29, 0.717) is 18.6 Å². The Balaban J connectivity index is 3.71. The third-order valence-electron chi connectivity index (χ3n) is 10.1. The summed E-state index contributed by atoms with van der Waals surface area (Å²) in [7, 11) is 0. The molecule has 3 atom stereocenters. The first-order valence-electron chi connectivity index (χ1n) is 23.2. The van der Waals surface area contributed by atoms with Crippen LogP contribution >= 0.6 is 11.8 Å². The minimum atomic E-state index is -1.18. The van der Waals surface area contributed by atoms with Crippen molar-refractivity contribution < 1.29 is 77.4 Å². The zero-order chi connectivity index (χ0) is 49.2. The number of amides is 4. The summed E-state index contributed by atoms with van der Waals surface area (Å²) in [6.45, 7) is 4.20. The van der Waals surface area contributed by atoms with Crippen LogP contribution in [0, 0.1) is 11.8 Å². The van der Waals surface area contributed by atoms with Gasteiger partial charge in [-0.15, -0.1) is 0 Å². The topological polar surface area (TPSA) is 299 Å². The zero-order valence-corrected chi connectivity index (χ0v) is 40.0. The molecule has 21 heteroatoms. The largest absolute Gasteiger partial charge is 0.481 e. The number of unbranched alkanes of at least 4 members (excludes halogenated alkanes) is 9. The molecule has 20 nitrogen and oxygen atoms in total. The Hall–Kier alpha value is -4.02. The molecule has 0 saturated carbocycles. The Morgan fingerprint density at radius 1 is 0.561 bits per heavy atom. The average Bonchev–Trinajstić information content (AvgIpc) is 3.27. The summed E-state index contributed by atoms with van der Waals surface area (Å²) in [6.07, 6.45) is 10.7. The number of aliphatic hydroxyl groups is 1. The third-order valence-corrected chi connectivity index (χ3v) is 11.3. The Labute approximate surface area is 393 Å². The quantitative estimate of drug-likeness (QED) is 0.0431. The van der Waals surface area contributed by atoms with Crippen LogP contribution in [-0.4, -0.2) is 165 Å². The number of carboxylic acids is 2. The molecule has 0 aromatic carbocycles. The molecule has 0 rings (SSSR count). The van der Waals surface area contributed by atoms with Crippen LogP contribution in [0.15, 0.2) is 0 Å². The molecule has 0 radical (unpaired) electrons. The van der Waals surface area contributed by atoms with Gasteiger partial charge in [0.15, 0.2) is 0 Å². The lowest BCUT2D eigenvalue weighted by molar-refractivity contribution is -0.142. The predicted molar refractivity (Wildman–Crippen MR) is 246 cm³/mol. The third kappa shape index (κ3) is 39.2. The van der Waals surface area contributed by atoms with Crippen molar-refractivity contribution in [3.05, 3.63) is 0 Å². The molecular formula is C45H78N4O16S. The number of thioether (sulfide) groups is 1. The zero-order valence-electron chi connectivity index (χ0n) is 39.2. The van der Waals surface area contributed by atoms with E-state index in [-0.39, 0.29) is 170 Å². The molecule has 0 unspecified atom stereocenters. The van der Waals surface area contributed by atoms with Gasteiger partial charge in [0.2, 0.25) is 23.6 Å². The van der Waals surface area contributed by atoms with Crippen molar-refractivity contribution in [2.24, 2.45) is 11.8 Å². The molecule has 0 spiro atoms. The molecule has 0 bridgehead atoms. The van der Waals surface area contributed by atoms with Crippen LogP contribution in [0.1, 0.15) is 123 Å². The van der Waals surface area contributed by atoms with E-state index in [2.05, 4.69) is 21.3 Å². The number of hydrogen-bond donors (Lipinski definition) is 7. The van der Waals surface area contributed by atoms with Gasteiger partial charge in [0.05, 0.1) is 45.4 Å². The number of aliphatic carboxylic acids is 2. The van der Waals surface area contributed by atoms with Gasteiger partial charge in [-0.25, -0.2) is 4.79 Å². The Morgan fingerprint density at radius 2 is 1.08 bits per heavy atom. The Morgan fingerprint density at radius 3 is 1.62 bits per heavy atom. The van der Waals surface area contributed by atoms with Gasteiger partial charge in [0.25, 0.3) is 0 Å². The molecule has 0 aliphatic carbocycles. The number of carbonyl (C=O) groups is 9. The van der Waals surface area contributed by atoms with Gasteiger partial charge >= 0.3 is 11.9 Å². The van der Waals surface area contributed by atoms with Crippen LogP contribution in [0.3, 0.4) is 0 Å². The molecule has 66 heavy (non-hydrogen) atoms. The highest BCUT2D eigenvalue weighted by molar-refractivity contribution is 7.99. The molecule has 0 saturated heterocycles. The van der Waals surface area contributed by atoms with E-state index in [1.54, 1.807) is 6.92 Å². The Kier molecular flexibility index (Phi) is 39.8. The normalized spacial score (nSPS) is 12.4. The summed E-state index contributed by atoms with van der Waals surface area (Å²) in [5.41, 5.74) is 0. The second-order valence-electron chi connectivity index (χ2n) is 16.0. The number of ketones is 3. The number of carbonyl (C=O) groups excluding carboxylic acids is 7. The number of ether oxygens (including phenoxy) is 4. The number of aliphatic hydroxyl groups excluding tert-OH is 1. The minimum Gasteiger partial charge on any atom is -0.481 e. The maximum absolute atomic E-state index is 12.3. The van der Waals surface area contributed by atoms with E-state index in [1.165, 1.54) is 18.7 Å². The molecule has 0 aromatic rings. The monoisotopic (exact) mass is 963 g/mol. The molecule has 0 fully saturated rings. The van der Waals surface area contributed by atoms with Crippen LogP contribution in [-0.2, 0) is 62.1 Å². The van der Waals surface area contributed by atoms with E-state index in [4.69, 9.17) is 24.1 Å². The summed E-state index contributed by atoms with van der Waals surface area (Å²) in [5.74, 6) is -4.24. The summed E-state index contributed by atoms with van der Waals surface area (Å²) >= 11 is 1.28. The van der Waals surface area contributed by atoms with Crippen molar-refractivity contribution in [3.8, 4) is 0 Å². The molecule has 4 amide bonds. The first kappa shape index (κ1) is 62.0. The summed E-state index contributed by atoms with van der Waals surface area (Å²) in [6, 6.07) is -1.13. The van der Waals surface area contributed by atoms with Crippen molar-refractivity contribution in [2.45, 2.75) is 129 Å². The first-order chi connectivity index (χ1) is 31.7. The lowest BCUT2D eigenvalue weighted by Crippen LogP contribution is -2.41. The number of rotatable bonds is 47. The lowest BCUT2D eigenvalue weighted by atomic mass is 9.94. The van der Waals surface area contributed by atoms with E-state index in [1.807, 2.05) is 0 Å². The van der Waals surface area contributed by atoms with Gasteiger partial charge in [0.1, 0.15) is 36.6 Å². The Bertz CT molecular complexity index is 1420. The lowest BCUT2D eigenvalue weighted by Gasteiger charge is -2.14. The van der Waals surface area contributed by atoms with Gasteiger partial charge in [-0.1, -0.05) is 58.3 Å². The van der Waals surface area contributed by atoms with Gasteiger partial charge in [-0.2, -0.15) is 11.8 Å². The molecule has 0 aromatic heterocycles. The number of hydrogen-bond acceptors (Lipinski definition) is 15. The predicted octanol–water partition coefficient (Wildman–Crippen LogP) is 2.39. The highest BCUT2D eigenvalue weighted by Crippen LogP contribution is 2.15. The SMILES string of the molecule is CC(=O)[C@H](CO)CC(=O)[C@@H](C)CSCC(=O)NCCNC(=O)COCCOCCNC(=O)COCCOCCCC(=O)CC[C@H](NC(=O)CCCCCCCCCCCCC(=O)O)C(=O)O. The van der Waals surface area contributed by atoms with Crippen LogP contribution in [0.25, 0.3) is 0 Å². The first-order valence-corrected chi connectivity index (χ1v) is 24.4. The molecule has 0 aliphatic rings. The fourth-order valence-electron chi connectivity index (χ4n) is 6.09. The van der Waals surface area contributed by atoms with E-state index >= 15 is 0 Å².